The van der Waals surface area contributed by atoms with Crippen molar-refractivity contribution in [1.29, 1.82) is 0 Å². The second-order valence-electron chi connectivity index (χ2n) is 3.86. The normalized spacial score (nSPS) is 12.9. The van der Waals surface area contributed by atoms with Gasteiger partial charge >= 0.3 is 11.9 Å². The number of nitrogens with one attached hydrogen (secondary N) is 1. The van der Waals surface area contributed by atoms with Crippen LogP contribution in [0.15, 0.2) is 18.2 Å². The minimum Gasteiger partial charge on any atom is -0.481 e. The van der Waals surface area contributed by atoms with E-state index in [1.807, 2.05) is 0 Å². The number of carbonyl (C=O) groups excluding carboxylic acids is 2. The molecule has 1 aliphatic rings. The number of hydrogen-bond donors (Lipinski definition) is 2. The number of carboxylic acid groups (broad SMARTS) is 1. The molecule has 7 heteroatoms. The highest BCUT2D eigenvalue weighted by atomic mass is 16.5. The number of aliphatic carboxylic acids is 1. The first-order valence-electron chi connectivity index (χ1n) is 5.54. The van der Waals surface area contributed by atoms with Crippen LogP contribution in [0, 0.1) is 0 Å². The molecule has 0 unspecified atom stereocenters. The molecule has 0 bridgehead atoms. The number of carboxylic acids is 1. The lowest BCUT2D eigenvalue weighted by Gasteiger charge is -2.18. The lowest BCUT2D eigenvalue weighted by atomic mass is 10.2. The van der Waals surface area contributed by atoms with Crippen LogP contribution in [0.1, 0.15) is 12.8 Å². The summed E-state index contributed by atoms with van der Waals surface area (Å²) in [7, 11) is 0. The number of fused-ring (bicyclic) bond motifs is 1. The van der Waals surface area contributed by atoms with E-state index in [4.69, 9.17) is 14.6 Å². The Hall–Kier alpha value is -2.57. The summed E-state index contributed by atoms with van der Waals surface area (Å²) in [6, 6.07) is 4.51. The molecular formula is C12H11NO6. The Morgan fingerprint density at radius 2 is 2.16 bits per heavy atom. The Morgan fingerprint density at radius 1 is 1.37 bits per heavy atom. The second-order valence-corrected chi connectivity index (χ2v) is 3.86. The predicted molar refractivity (Wildman–Crippen MR) is 63.1 cm³/mol. The molecule has 2 N–H and O–H groups in total. The van der Waals surface area contributed by atoms with Crippen LogP contribution in [0.2, 0.25) is 0 Å². The van der Waals surface area contributed by atoms with Crippen LogP contribution in [0.4, 0.5) is 5.69 Å². The summed E-state index contributed by atoms with van der Waals surface area (Å²) < 4.78 is 10.1. The van der Waals surface area contributed by atoms with Gasteiger partial charge in [0, 0.05) is 6.07 Å². The molecule has 0 spiro atoms. The van der Waals surface area contributed by atoms with E-state index in [1.165, 1.54) is 12.1 Å². The molecule has 0 fully saturated rings. The molecule has 1 amide bonds. The summed E-state index contributed by atoms with van der Waals surface area (Å²) >= 11 is 0. The Kier molecular flexibility index (Phi) is 3.65. The van der Waals surface area contributed by atoms with Crippen molar-refractivity contribution in [3.05, 3.63) is 18.2 Å². The summed E-state index contributed by atoms with van der Waals surface area (Å²) in [5, 5.41) is 11.0. The number of carbonyl (C=O) groups is 3. The van der Waals surface area contributed by atoms with E-state index < -0.39 is 11.9 Å². The van der Waals surface area contributed by atoms with Crippen LogP contribution in [0.5, 0.6) is 11.5 Å². The quantitative estimate of drug-likeness (QED) is 0.616. The standard InChI is InChI=1S/C12H11NO6/c14-10-6-18-9-5-7(1-2-8(9)13-10)19-12(17)4-3-11(15)16/h1-2,5H,3-4,6H2,(H,13,14)(H,15,16). The molecule has 0 aromatic heterocycles. The zero-order valence-electron chi connectivity index (χ0n) is 9.84. The van der Waals surface area contributed by atoms with Crippen LogP contribution in [-0.4, -0.2) is 29.6 Å². The van der Waals surface area contributed by atoms with Crippen molar-refractivity contribution in [2.45, 2.75) is 12.8 Å². The molecule has 100 valence electrons. The van der Waals surface area contributed by atoms with E-state index in [0.717, 1.165) is 0 Å². The first kappa shape index (κ1) is 12.9. The molecule has 1 heterocycles. The fraction of sp³-hybridized carbons (Fsp3) is 0.250. The minimum atomic E-state index is -1.06. The third-order valence-electron chi connectivity index (χ3n) is 2.36. The van der Waals surface area contributed by atoms with Crippen molar-refractivity contribution in [2.24, 2.45) is 0 Å². The highest BCUT2D eigenvalue weighted by molar-refractivity contribution is 5.95. The Balaban J connectivity index is 2.00. The molecule has 1 aromatic carbocycles. The van der Waals surface area contributed by atoms with Gasteiger partial charge in [0.05, 0.1) is 18.5 Å². The number of anilines is 1. The monoisotopic (exact) mass is 265 g/mol. The van der Waals surface area contributed by atoms with Crippen molar-refractivity contribution in [1.82, 2.24) is 0 Å². The van der Waals surface area contributed by atoms with Gasteiger partial charge < -0.3 is 19.9 Å². The van der Waals surface area contributed by atoms with Gasteiger partial charge in [0.1, 0.15) is 11.5 Å². The van der Waals surface area contributed by atoms with Gasteiger partial charge in [-0.25, -0.2) is 0 Å². The van der Waals surface area contributed by atoms with Crippen molar-refractivity contribution >= 4 is 23.5 Å². The smallest absolute Gasteiger partial charge is 0.311 e. The molecule has 1 aliphatic heterocycles. The lowest BCUT2D eigenvalue weighted by molar-refractivity contribution is -0.142. The average molecular weight is 265 g/mol. The fourth-order valence-corrected chi connectivity index (χ4v) is 1.51. The van der Waals surface area contributed by atoms with E-state index in [9.17, 15) is 14.4 Å². The molecule has 0 saturated heterocycles. The highest BCUT2D eigenvalue weighted by Gasteiger charge is 2.17. The number of amides is 1. The summed E-state index contributed by atoms with van der Waals surface area (Å²) in [4.78, 5) is 32.7. The van der Waals surface area contributed by atoms with Gasteiger partial charge in [-0.3, -0.25) is 14.4 Å². The van der Waals surface area contributed by atoms with Gasteiger partial charge in [-0.2, -0.15) is 0 Å². The molecule has 1 aromatic rings. The van der Waals surface area contributed by atoms with Crippen molar-refractivity contribution in [3.63, 3.8) is 0 Å². The first-order valence-corrected chi connectivity index (χ1v) is 5.54. The zero-order valence-corrected chi connectivity index (χ0v) is 9.84. The maximum absolute atomic E-state index is 11.3. The lowest BCUT2D eigenvalue weighted by Crippen LogP contribution is -2.25. The predicted octanol–water partition coefficient (Wildman–Crippen LogP) is 0.788. The molecule has 0 saturated carbocycles. The largest absolute Gasteiger partial charge is 0.481 e. The van der Waals surface area contributed by atoms with Gasteiger partial charge in [-0.1, -0.05) is 0 Å². The molecule has 0 radical (unpaired) electrons. The summed E-state index contributed by atoms with van der Waals surface area (Å²) in [6.07, 6.45) is -0.486. The topological polar surface area (TPSA) is 102 Å². The third kappa shape index (κ3) is 3.44. The SMILES string of the molecule is O=C(O)CCC(=O)Oc1ccc2c(c1)OCC(=O)N2. The Morgan fingerprint density at radius 3 is 2.89 bits per heavy atom. The molecular weight excluding hydrogens is 254 g/mol. The summed E-state index contributed by atoms with van der Waals surface area (Å²) in [5.41, 5.74) is 0.501. The summed E-state index contributed by atoms with van der Waals surface area (Å²) in [5.74, 6) is -1.30. The second kappa shape index (κ2) is 5.38. The van der Waals surface area contributed by atoms with E-state index in [0.29, 0.717) is 11.4 Å². The molecule has 0 atom stereocenters. The van der Waals surface area contributed by atoms with Crippen molar-refractivity contribution in [2.75, 3.05) is 11.9 Å². The van der Waals surface area contributed by atoms with E-state index in [1.54, 1.807) is 6.07 Å². The van der Waals surface area contributed by atoms with Gasteiger partial charge in [-0.05, 0) is 12.1 Å². The molecule has 2 rings (SSSR count). The van der Waals surface area contributed by atoms with Crippen LogP contribution >= 0.6 is 0 Å². The Bertz CT molecular complexity index is 539. The Labute approximate surface area is 108 Å². The van der Waals surface area contributed by atoms with E-state index in [-0.39, 0.29) is 31.1 Å². The van der Waals surface area contributed by atoms with Crippen LogP contribution in [-0.2, 0) is 14.4 Å². The number of esters is 1. The number of ether oxygens (including phenoxy) is 2. The van der Waals surface area contributed by atoms with Gasteiger partial charge in [0.25, 0.3) is 5.91 Å². The van der Waals surface area contributed by atoms with Crippen LogP contribution in [0.3, 0.4) is 0 Å². The minimum absolute atomic E-state index is 0.0938. The van der Waals surface area contributed by atoms with E-state index >= 15 is 0 Å². The van der Waals surface area contributed by atoms with Gasteiger partial charge in [0.2, 0.25) is 0 Å². The van der Waals surface area contributed by atoms with Crippen LogP contribution in [0.25, 0.3) is 0 Å². The number of benzene rings is 1. The first-order chi connectivity index (χ1) is 9.04. The highest BCUT2D eigenvalue weighted by Crippen LogP contribution is 2.31. The van der Waals surface area contributed by atoms with Gasteiger partial charge in [0.15, 0.2) is 6.61 Å². The maximum atomic E-state index is 11.3. The zero-order chi connectivity index (χ0) is 13.8. The average Bonchev–Trinajstić information content (AvgIpc) is 2.36. The molecule has 7 nitrogen and oxygen atoms in total. The number of rotatable bonds is 4. The van der Waals surface area contributed by atoms with Gasteiger partial charge in [-0.15, -0.1) is 0 Å². The third-order valence-corrected chi connectivity index (χ3v) is 2.36. The molecule has 19 heavy (non-hydrogen) atoms. The van der Waals surface area contributed by atoms with Crippen molar-refractivity contribution in [3.8, 4) is 11.5 Å². The van der Waals surface area contributed by atoms with E-state index in [2.05, 4.69) is 5.32 Å². The number of hydrogen-bond acceptors (Lipinski definition) is 5. The van der Waals surface area contributed by atoms with Crippen molar-refractivity contribution < 1.29 is 29.0 Å². The van der Waals surface area contributed by atoms with Crippen LogP contribution < -0.4 is 14.8 Å². The fourth-order valence-electron chi connectivity index (χ4n) is 1.51. The maximum Gasteiger partial charge on any atom is 0.311 e. The molecule has 0 aliphatic carbocycles. The summed E-state index contributed by atoms with van der Waals surface area (Å²) in [6.45, 7) is -0.0938.